The van der Waals surface area contributed by atoms with E-state index in [2.05, 4.69) is 78.4 Å². The Labute approximate surface area is 286 Å². The number of allylic oxidation sites excluding steroid dienone is 3. The average Bonchev–Trinajstić information content (AvgIpc) is 3.14. The van der Waals surface area contributed by atoms with Crippen molar-refractivity contribution in [1.29, 1.82) is 5.26 Å². The summed E-state index contributed by atoms with van der Waals surface area (Å²) in [4.78, 5) is 6.00. The van der Waals surface area contributed by atoms with Gasteiger partial charge in [-0.05, 0) is 62.4 Å². The van der Waals surface area contributed by atoms with E-state index in [1.165, 1.54) is 0 Å². The Morgan fingerprint density at radius 3 is 1.82 bits per heavy atom. The summed E-state index contributed by atoms with van der Waals surface area (Å²) < 4.78 is 2.34. The number of fused-ring (bicyclic) bond motifs is 4. The summed E-state index contributed by atoms with van der Waals surface area (Å²) in [5.41, 5.74) is 8.60. The molecule has 2 aliphatic rings. The van der Waals surface area contributed by atoms with E-state index in [1.54, 1.807) is 6.07 Å². The van der Waals surface area contributed by atoms with Gasteiger partial charge in [-0.3, -0.25) is 0 Å². The Kier molecular flexibility index (Phi) is 8.02. The molecule has 0 saturated heterocycles. The van der Waals surface area contributed by atoms with E-state index in [-0.39, 0.29) is 17.2 Å². The third kappa shape index (κ3) is 4.56. The van der Waals surface area contributed by atoms with E-state index in [9.17, 15) is 15.5 Å². The van der Waals surface area contributed by atoms with Crippen molar-refractivity contribution in [3.8, 4) is 11.8 Å². The molecule has 0 saturated carbocycles. The number of phenols is 1. The summed E-state index contributed by atoms with van der Waals surface area (Å²) in [6.07, 6.45) is 0. The molecule has 2 aliphatic carbocycles. The van der Waals surface area contributed by atoms with E-state index in [1.807, 2.05) is 54.6 Å². The first kappa shape index (κ1) is 31.5. The number of nitriles is 1. The van der Waals surface area contributed by atoms with Gasteiger partial charge in [0.05, 0.1) is 29.5 Å². The highest BCUT2D eigenvalue weighted by Crippen LogP contribution is 2.57. The highest BCUT2D eigenvalue weighted by Gasteiger charge is 2.42. The molecule has 6 nitrogen and oxygen atoms in total. The summed E-state index contributed by atoms with van der Waals surface area (Å²) >= 11 is 0. The number of hydrogen-bond acceptors (Lipinski definition) is 4. The Bertz CT molecular complexity index is 2350. The van der Waals surface area contributed by atoms with Gasteiger partial charge in [0.25, 0.3) is 5.70 Å². The van der Waals surface area contributed by atoms with Crippen LogP contribution in [0.3, 0.4) is 0 Å². The topological polar surface area (TPSA) is 74.9 Å². The summed E-state index contributed by atoms with van der Waals surface area (Å²) in [6, 6.07) is 32.0. The Balaban J connectivity index is 1.68. The molecule has 7 rings (SSSR count). The lowest BCUT2D eigenvalue weighted by Crippen LogP contribution is -2.29. The van der Waals surface area contributed by atoms with Gasteiger partial charge in [0.1, 0.15) is 24.6 Å². The highest BCUT2D eigenvalue weighted by molar-refractivity contribution is 6.26. The van der Waals surface area contributed by atoms with Crippen molar-refractivity contribution >= 4 is 44.1 Å². The molecule has 6 heteroatoms. The van der Waals surface area contributed by atoms with Crippen LogP contribution < -0.4 is 4.90 Å². The Morgan fingerprint density at radius 2 is 1.27 bits per heavy atom. The lowest BCUT2D eigenvalue weighted by molar-refractivity contribution is -0.519. The number of rotatable bonds is 6. The first-order valence-corrected chi connectivity index (χ1v) is 16.9. The normalized spacial score (nSPS) is 14.6. The molecule has 2 N–H and O–H groups in total. The molecule has 0 atom stereocenters. The molecular formula is C43H37N4O2+. The molecule has 0 radical (unpaired) electrons. The van der Waals surface area contributed by atoms with Gasteiger partial charge in [0, 0.05) is 57.1 Å². The first-order chi connectivity index (χ1) is 23.9. The molecule has 5 aromatic carbocycles. The van der Waals surface area contributed by atoms with E-state index < -0.39 is 0 Å². The molecule has 0 amide bonds. The number of nitrogens with zero attached hydrogens (tertiary/aromatic N) is 4. The SMILES string of the molecule is [C-]#[N+]/C(C#N)=C1\C(=C2c3ccccc3C(=[N+](CC)CC)c3ccccc32)C(O)=C1c1c2ccccc2c(N(CC)CC)c2cccc(O)c12. The van der Waals surface area contributed by atoms with E-state index in [0.29, 0.717) is 27.7 Å². The third-order valence-electron chi connectivity index (χ3n) is 9.99. The minimum atomic E-state index is -0.107. The fraction of sp³-hybridized carbons (Fsp3) is 0.186. The van der Waals surface area contributed by atoms with Crippen LogP contribution in [0.2, 0.25) is 0 Å². The van der Waals surface area contributed by atoms with E-state index in [0.717, 1.165) is 81.6 Å². The maximum atomic E-state index is 12.4. The highest BCUT2D eigenvalue weighted by atomic mass is 16.3. The summed E-state index contributed by atoms with van der Waals surface area (Å²) in [7, 11) is 0. The van der Waals surface area contributed by atoms with Crippen molar-refractivity contribution in [1.82, 2.24) is 0 Å². The summed E-state index contributed by atoms with van der Waals surface area (Å²) in [6.45, 7) is 19.8. The van der Waals surface area contributed by atoms with Crippen molar-refractivity contribution < 1.29 is 14.8 Å². The van der Waals surface area contributed by atoms with Crippen molar-refractivity contribution in [2.45, 2.75) is 27.7 Å². The molecule has 5 aromatic rings. The van der Waals surface area contributed by atoms with Gasteiger partial charge in [0.2, 0.25) is 5.71 Å². The number of anilines is 1. The van der Waals surface area contributed by atoms with Gasteiger partial charge >= 0.3 is 0 Å². The summed E-state index contributed by atoms with van der Waals surface area (Å²) in [5, 5.41) is 37.7. The van der Waals surface area contributed by atoms with Crippen molar-refractivity contribution in [2.24, 2.45) is 0 Å². The van der Waals surface area contributed by atoms with Crippen LogP contribution in [0.4, 0.5) is 5.69 Å². The minimum absolute atomic E-state index is 0.00240. The van der Waals surface area contributed by atoms with Crippen LogP contribution in [-0.2, 0) is 0 Å². The lowest BCUT2D eigenvalue weighted by atomic mass is 9.69. The number of benzene rings is 5. The van der Waals surface area contributed by atoms with Gasteiger partial charge in [0.15, 0.2) is 0 Å². The fourth-order valence-corrected chi connectivity index (χ4v) is 7.87. The van der Waals surface area contributed by atoms with Gasteiger partial charge in [-0.15, -0.1) is 0 Å². The zero-order chi connectivity index (χ0) is 34.4. The van der Waals surface area contributed by atoms with Crippen LogP contribution in [0.1, 0.15) is 55.5 Å². The fourth-order valence-electron chi connectivity index (χ4n) is 7.87. The maximum absolute atomic E-state index is 12.4. The van der Waals surface area contributed by atoms with Crippen LogP contribution in [0.5, 0.6) is 5.75 Å². The van der Waals surface area contributed by atoms with Crippen molar-refractivity contribution in [3.05, 3.63) is 153 Å². The molecule has 0 aliphatic heterocycles. The third-order valence-corrected chi connectivity index (χ3v) is 9.99. The van der Waals surface area contributed by atoms with E-state index >= 15 is 0 Å². The maximum Gasteiger partial charge on any atom is 0.270 e. The van der Waals surface area contributed by atoms with Gasteiger partial charge in [-0.2, -0.15) is 0 Å². The number of hydrogen-bond donors (Lipinski definition) is 2. The largest absolute Gasteiger partial charge is 0.507 e. The molecular weight excluding hydrogens is 604 g/mol. The standard InChI is InChI=1S/C43H36N4O2/c1-6-46(7-2)41-29-20-13-10-17-26(29)35(27-18-11-14-21-30(27)41)39-38(33(25-44)45-5)40(43(39)49)37-28-19-12-15-22-31(28)42(47(8-3)9-4)32-23-16-24-34(48)36(32)37/h10-24H,6-9H2,1-4H3,(H-,48,49)/p+1/b38-33+. The molecule has 240 valence electrons. The second kappa shape index (κ2) is 12.5. The second-order valence-corrected chi connectivity index (χ2v) is 12.2. The van der Waals surface area contributed by atoms with Crippen molar-refractivity contribution in [2.75, 3.05) is 31.1 Å². The van der Waals surface area contributed by atoms with Crippen LogP contribution in [0.25, 0.3) is 37.5 Å². The molecule has 0 bridgehead atoms. The predicted molar refractivity (Wildman–Crippen MR) is 199 cm³/mol. The van der Waals surface area contributed by atoms with Crippen LogP contribution in [0.15, 0.2) is 114 Å². The number of phenolic OH excluding ortho intramolecular Hbond substituents is 1. The van der Waals surface area contributed by atoms with Crippen LogP contribution in [0, 0.1) is 17.9 Å². The summed E-state index contributed by atoms with van der Waals surface area (Å²) in [5.74, 6) is 0.0724. The molecule has 0 fully saturated rings. The quantitative estimate of drug-likeness (QED) is 0.0823. The molecule has 0 unspecified atom stereocenters. The molecule has 0 spiro atoms. The van der Waals surface area contributed by atoms with E-state index in [4.69, 9.17) is 6.57 Å². The first-order valence-electron chi connectivity index (χ1n) is 16.9. The van der Waals surface area contributed by atoms with Gasteiger partial charge in [-0.1, -0.05) is 72.8 Å². The van der Waals surface area contributed by atoms with Crippen LogP contribution >= 0.6 is 0 Å². The number of aliphatic hydroxyl groups excluding tert-OH is 1. The Hall–Kier alpha value is -6.11. The van der Waals surface area contributed by atoms with Crippen LogP contribution in [-0.4, -0.2) is 46.7 Å². The molecule has 49 heavy (non-hydrogen) atoms. The zero-order valence-corrected chi connectivity index (χ0v) is 28.2. The number of aromatic hydroxyl groups is 1. The van der Waals surface area contributed by atoms with Gasteiger partial charge < -0.3 is 15.1 Å². The average molecular weight is 642 g/mol. The molecule has 0 heterocycles. The smallest absolute Gasteiger partial charge is 0.270 e. The number of aliphatic hydroxyl groups is 1. The zero-order valence-electron chi connectivity index (χ0n) is 28.2. The predicted octanol–water partition coefficient (Wildman–Crippen LogP) is 9.23. The monoisotopic (exact) mass is 641 g/mol. The second-order valence-electron chi connectivity index (χ2n) is 12.2. The van der Waals surface area contributed by atoms with Gasteiger partial charge in [-0.25, -0.2) is 14.7 Å². The van der Waals surface area contributed by atoms with Crippen molar-refractivity contribution in [3.63, 3.8) is 0 Å². The molecule has 0 aromatic heterocycles. The lowest BCUT2D eigenvalue weighted by Gasteiger charge is -2.35. The minimum Gasteiger partial charge on any atom is -0.507 e. The Morgan fingerprint density at radius 1 is 0.714 bits per heavy atom.